The monoisotopic (exact) mass is 422 g/mol. The van der Waals surface area contributed by atoms with Crippen LogP contribution in [0, 0.1) is 0 Å². The van der Waals surface area contributed by atoms with Crippen molar-refractivity contribution in [3.8, 4) is 0 Å². The molecule has 2 aliphatic heterocycles. The summed E-state index contributed by atoms with van der Waals surface area (Å²) >= 11 is 3.36. The van der Waals surface area contributed by atoms with Gasteiger partial charge in [-0.1, -0.05) is 0 Å². The van der Waals surface area contributed by atoms with Crippen molar-refractivity contribution in [3.63, 3.8) is 0 Å². The second-order valence-electron chi connectivity index (χ2n) is 2.28. The Morgan fingerprint density at radius 1 is 0.619 bits per heavy atom. The maximum Gasteiger partial charge on any atom is 6.00 e. The van der Waals surface area contributed by atoms with Crippen molar-refractivity contribution < 1.29 is 83.0 Å². The second-order valence-corrected chi connectivity index (χ2v) is 4.55. The first-order valence-corrected chi connectivity index (χ1v) is 5.74. The molecular weight excluding hydrogens is 408 g/mol. The zero-order valence-corrected chi connectivity index (χ0v) is 14.7. The van der Waals surface area contributed by atoms with Gasteiger partial charge in [0.05, 0.1) is 13.1 Å². The number of thioether (sulfide) groups is 2. The summed E-state index contributed by atoms with van der Waals surface area (Å²) in [5.74, 6) is 2.26. The largest absolute Gasteiger partial charge is 6.00 e. The van der Waals surface area contributed by atoms with E-state index in [9.17, 15) is 0 Å². The average molecular weight is 422 g/mol. The molecule has 11 nitrogen and oxygen atoms in total. The van der Waals surface area contributed by atoms with Gasteiger partial charge in [0.1, 0.15) is 0 Å². The fraction of sp³-hybridized carbons (Fsp3) is 0.667. The van der Waals surface area contributed by atoms with Gasteiger partial charge in [-0.05, 0) is 23.5 Å². The van der Waals surface area contributed by atoms with Crippen LogP contribution in [0.1, 0.15) is 0 Å². The van der Waals surface area contributed by atoms with E-state index >= 15 is 0 Å². The number of rotatable bonds is 0. The number of hydrogen-bond donors (Lipinski definition) is 4. The van der Waals surface area contributed by atoms with Gasteiger partial charge in [-0.15, -0.1) is 0 Å². The van der Waals surface area contributed by atoms with Crippen LogP contribution >= 0.6 is 23.5 Å². The van der Waals surface area contributed by atoms with E-state index in [1.807, 2.05) is 0 Å². The Kier molecular flexibility index (Phi) is 102. The van der Waals surface area contributed by atoms with E-state index in [-0.39, 0.29) is 73.1 Å². The van der Waals surface area contributed by atoms with Gasteiger partial charge in [-0.2, -0.15) is 0 Å². The summed E-state index contributed by atoms with van der Waals surface area (Å²) in [4.78, 5) is 5.95. The number of hydrogen-bond acceptors (Lipinski definition) is 4. The minimum Gasteiger partial charge on any atom is -2.00 e. The van der Waals surface area contributed by atoms with Crippen LogP contribution in [0.3, 0.4) is 0 Å². The van der Waals surface area contributed by atoms with Crippen molar-refractivity contribution >= 4 is 33.9 Å². The minimum atomic E-state index is 0. The fourth-order valence-corrected chi connectivity index (χ4v) is 2.03. The number of amidine groups is 2. The van der Waals surface area contributed by atoms with Crippen molar-refractivity contribution in [2.45, 2.75) is 0 Å². The van der Waals surface area contributed by atoms with Crippen LogP contribution in [-0.2, 0) is 73.1 Å². The molecule has 2 aliphatic rings. The van der Waals surface area contributed by atoms with Crippen LogP contribution in [-0.4, -0.2) is 34.9 Å². The molecule has 0 saturated carbocycles. The topological polar surface area (TPSA) is 279 Å². The fourth-order valence-electron chi connectivity index (χ4n) is 0.772. The van der Waals surface area contributed by atoms with E-state index in [2.05, 4.69) is 9.98 Å². The molecule has 0 atom stereocenters. The van der Waals surface area contributed by atoms with Gasteiger partial charge in [0.25, 0.3) is 0 Å². The van der Waals surface area contributed by atoms with E-state index in [0.717, 1.165) is 34.9 Å². The smallest absolute Gasteiger partial charge is 2.00 e. The first kappa shape index (κ1) is 57.9. The zero-order valence-electron chi connectivity index (χ0n) is 10.5. The van der Waals surface area contributed by atoms with Crippen molar-refractivity contribution in [3.05, 3.63) is 0 Å². The summed E-state index contributed by atoms with van der Waals surface area (Å²) in [6.45, 7) is 2.08. The molecule has 0 aromatic carbocycles. The zero-order chi connectivity index (χ0) is 8.81. The second kappa shape index (κ2) is 37.0. The molecule has 0 aromatic rings. The quantitative estimate of drug-likeness (QED) is 0.300. The van der Waals surface area contributed by atoms with Crippen molar-refractivity contribution in [2.24, 2.45) is 11.5 Å². The molecule has 0 fully saturated rings. The van der Waals surface area contributed by atoms with E-state index in [1.54, 1.807) is 23.5 Å². The van der Waals surface area contributed by atoms with E-state index in [4.69, 9.17) is 11.5 Å². The summed E-state index contributed by atoms with van der Waals surface area (Å²) in [6, 6.07) is 0. The molecule has 0 amide bonds. The van der Waals surface area contributed by atoms with Gasteiger partial charge < -0.3 is 38.3 Å². The Labute approximate surface area is 152 Å². The summed E-state index contributed by atoms with van der Waals surface area (Å²) in [5.41, 5.74) is 10.6. The normalized spacial score (nSPS) is 12.0. The first-order chi connectivity index (χ1) is 5.79. The third kappa shape index (κ3) is 33.3. The maximum absolute atomic E-state index is 5.30. The van der Waals surface area contributed by atoms with Crippen molar-refractivity contribution in [1.29, 1.82) is 0 Å². The average Bonchev–Trinajstić information content (AvgIpc) is 2.63. The molecule has 0 aromatic heterocycles. The molecule has 124 valence electrons. The molecule has 6 N–H and O–H groups in total. The third-order valence-corrected chi connectivity index (χ3v) is 3.04. The molecule has 0 unspecified atom stereocenters. The first-order valence-electron chi connectivity index (χ1n) is 3.77. The Morgan fingerprint density at radius 3 is 0.905 bits per heavy atom. The van der Waals surface area contributed by atoms with Crippen LogP contribution in [0.15, 0.2) is 0 Å². The van der Waals surface area contributed by atoms with Crippen LogP contribution < -0.4 is 21.5 Å². The van der Waals surface area contributed by atoms with E-state index in [0.29, 0.717) is 0 Å². The molecule has 0 aliphatic carbocycles. The van der Waals surface area contributed by atoms with E-state index in [1.165, 1.54) is 0 Å². The summed E-state index contributed by atoms with van der Waals surface area (Å²) in [5, 5.41) is 1.74. The Hall–Kier alpha value is 0.425. The number of nitrogens with one attached hydrogen (secondary N) is 2. The van der Waals surface area contributed by atoms with Gasteiger partial charge in [0.15, 0.2) is 0 Å². The molecule has 0 radical (unpaired) electrons. The van der Waals surface area contributed by atoms with Crippen LogP contribution in [0.5, 0.6) is 0 Å². The Bertz CT molecular complexity index is 207. The summed E-state index contributed by atoms with van der Waals surface area (Å²) in [7, 11) is 0. The minimum absolute atomic E-state index is 0. The Balaban J connectivity index is -0.0000000137. The molecule has 2 heterocycles. The molecule has 0 spiro atoms. The summed E-state index contributed by atoms with van der Waals surface area (Å²) < 4.78 is 0. The van der Waals surface area contributed by atoms with Gasteiger partial charge in [-0.3, -0.25) is 21.5 Å². The third-order valence-electron chi connectivity index (χ3n) is 1.32. The van der Waals surface area contributed by atoms with Crippen molar-refractivity contribution in [1.82, 2.24) is 0 Å². The van der Waals surface area contributed by atoms with Gasteiger partial charge in [0.2, 0.25) is 0 Å². The molecule has 21 heavy (non-hydrogen) atoms. The van der Waals surface area contributed by atoms with Gasteiger partial charge in [-0.25, -0.2) is 0 Å². The predicted molar refractivity (Wildman–Crippen MR) is 59.8 cm³/mol. The summed E-state index contributed by atoms with van der Waals surface area (Å²) in [6.07, 6.45) is 0. The molecule has 0 bridgehead atoms. The SMILES string of the molecule is NC1=[NH+]CCS1.NC1=[NH+]CCS1.[Cr+6].[Cr+6].[O-2].[O-2].[O-2].[O-2].[O-2].[O-2].[O-2]. The van der Waals surface area contributed by atoms with Gasteiger partial charge in [0, 0.05) is 11.5 Å². The molecule has 0 saturated heterocycles. The van der Waals surface area contributed by atoms with Crippen LogP contribution in [0.25, 0.3) is 0 Å². The van der Waals surface area contributed by atoms with Crippen LogP contribution in [0.2, 0.25) is 0 Å². The van der Waals surface area contributed by atoms with Crippen LogP contribution in [0.4, 0.5) is 0 Å². The Morgan fingerprint density at radius 2 is 0.857 bits per heavy atom. The molecular formula is C6H14Cr2N4O7S2. The molecule has 2 rings (SSSR count). The number of nitrogens with two attached hydrogens (primary N) is 2. The van der Waals surface area contributed by atoms with Gasteiger partial charge >= 0.3 is 45.1 Å². The maximum atomic E-state index is 5.30. The van der Waals surface area contributed by atoms with Crippen molar-refractivity contribution in [2.75, 3.05) is 24.6 Å². The molecule has 15 heteroatoms. The predicted octanol–water partition coefficient (Wildman–Crippen LogP) is -4.58. The standard InChI is InChI=1S/2C3H6N2S.2Cr.7O/c2*4-3-5-1-2-6-3;;;;;;;;;/h2*1-2H2,(H2,4,5);;;;;;;;;/q;;2*+6;7*-2/p+2. The van der Waals surface area contributed by atoms with E-state index < -0.39 is 0 Å².